The molecular weight excluding hydrogens is 255 g/mol. The van der Waals surface area contributed by atoms with E-state index >= 15 is 0 Å². The first kappa shape index (κ1) is 19.1. The number of hydrogen-bond acceptors (Lipinski definition) is 3. The molecule has 1 aliphatic heterocycles. The van der Waals surface area contributed by atoms with E-state index in [1.165, 1.54) is 38.3 Å². The molecule has 0 amide bonds. The summed E-state index contributed by atoms with van der Waals surface area (Å²) in [6.07, 6.45) is 7.50. The maximum atomic E-state index is 3.75. The molecule has 6 heteroatoms. The molecule has 1 aliphatic rings. The molecule has 1 fully saturated rings. The zero-order valence-corrected chi connectivity index (χ0v) is 15.1. The van der Waals surface area contributed by atoms with Crippen molar-refractivity contribution < 1.29 is 0 Å². The Labute approximate surface area is 134 Å². The third-order valence-corrected chi connectivity index (χ3v) is 5.40. The molecule has 3 unspecified atom stereocenters. The fraction of sp³-hybridized carbons (Fsp3) is 1.00. The Morgan fingerprint density at radius 3 is 2.19 bits per heavy atom. The molecule has 1 heterocycles. The van der Waals surface area contributed by atoms with Gasteiger partial charge in [-0.25, -0.2) is 0 Å². The van der Waals surface area contributed by atoms with Crippen molar-refractivity contribution >= 4 is 21.5 Å². The summed E-state index contributed by atoms with van der Waals surface area (Å²) in [5.74, 6) is 1.58. The van der Waals surface area contributed by atoms with E-state index in [9.17, 15) is 0 Å². The highest BCUT2D eigenvalue weighted by Crippen LogP contribution is 2.35. The molecule has 0 aromatic carbocycles. The summed E-state index contributed by atoms with van der Waals surface area (Å²) in [4.78, 5) is 0. The van der Waals surface area contributed by atoms with Crippen molar-refractivity contribution in [3.63, 3.8) is 0 Å². The minimum atomic E-state index is 0.398. The van der Waals surface area contributed by atoms with Crippen LogP contribution in [0.5, 0.6) is 0 Å². The largest absolute Gasteiger partial charge is 0.375 e. The van der Waals surface area contributed by atoms with Gasteiger partial charge in [-0.15, -0.1) is 0 Å². The fourth-order valence-corrected chi connectivity index (χ4v) is 3.26. The van der Waals surface area contributed by atoms with E-state index in [4.69, 9.17) is 0 Å². The van der Waals surface area contributed by atoms with Gasteiger partial charge in [-0.1, -0.05) is 60.8 Å². The first-order valence-corrected chi connectivity index (χ1v) is 9.02. The lowest BCUT2D eigenvalue weighted by Gasteiger charge is -2.37. The quantitative estimate of drug-likeness (QED) is 0.571. The Morgan fingerprint density at radius 2 is 1.62 bits per heavy atom. The van der Waals surface area contributed by atoms with Crippen LogP contribution >= 0.6 is 0 Å². The maximum Gasteiger partial charge on any atom is 0.285 e. The second kappa shape index (κ2) is 9.27. The molecule has 119 valence electrons. The van der Waals surface area contributed by atoms with Crippen LogP contribution in [-0.4, -0.2) is 21.5 Å². The zero-order chi connectivity index (χ0) is 15.9. The van der Waals surface area contributed by atoms with Crippen molar-refractivity contribution in [2.75, 3.05) is 0 Å². The molecule has 3 atom stereocenters. The van der Waals surface area contributed by atoms with Crippen LogP contribution in [0.4, 0.5) is 0 Å². The van der Waals surface area contributed by atoms with Gasteiger partial charge < -0.3 is 15.4 Å². The summed E-state index contributed by atoms with van der Waals surface area (Å²) >= 11 is 0. The van der Waals surface area contributed by atoms with Crippen LogP contribution in [0.1, 0.15) is 67.2 Å². The van der Waals surface area contributed by atoms with E-state index in [1.807, 2.05) is 7.55 Å². The predicted molar refractivity (Wildman–Crippen MR) is 98.2 cm³/mol. The van der Waals surface area contributed by atoms with Gasteiger partial charge in [0.15, 0.2) is 0 Å². The topological polar surface area (TPSA) is 36.1 Å². The lowest BCUT2D eigenvalue weighted by atomic mass is 9.48. The third kappa shape index (κ3) is 6.79. The number of rotatable bonds is 9. The van der Waals surface area contributed by atoms with Crippen LogP contribution < -0.4 is 15.4 Å². The zero-order valence-electron chi connectivity index (χ0n) is 15.1. The van der Waals surface area contributed by atoms with Crippen molar-refractivity contribution in [2.45, 2.75) is 79.9 Å². The summed E-state index contributed by atoms with van der Waals surface area (Å²) in [6, 6.07) is 0. The van der Waals surface area contributed by atoms with Gasteiger partial charge >= 0.3 is 0 Å². The molecule has 0 saturated carbocycles. The maximum absolute atomic E-state index is 3.75. The van der Waals surface area contributed by atoms with Crippen LogP contribution in [0.25, 0.3) is 0 Å². The molecule has 0 aliphatic carbocycles. The molecule has 1 rings (SSSR count). The minimum absolute atomic E-state index is 0.398. The lowest BCUT2D eigenvalue weighted by Crippen LogP contribution is -2.70. The second-order valence-electron chi connectivity index (χ2n) is 7.58. The summed E-state index contributed by atoms with van der Waals surface area (Å²) in [6.45, 7) is 14.9. The van der Waals surface area contributed by atoms with Crippen molar-refractivity contribution in [1.82, 2.24) is 15.4 Å². The SMILES string of the molecule is CCC(C)CB1N[B]NB(CC(C)(CC)CC(C)CC)N1. The predicted octanol–water partition coefficient (Wildman–Crippen LogP) is 3.18. The standard InChI is InChI=1S/C15H35B3N3/c1-7-13(4)10-15(6,9-3)12-18-20-16-19-17(21-18)11-14(5)8-2/h13-14,19-21H,7-12H2,1-6H3. The summed E-state index contributed by atoms with van der Waals surface area (Å²) in [5.41, 5.74) is 0.423. The van der Waals surface area contributed by atoms with Crippen molar-refractivity contribution in [1.29, 1.82) is 0 Å². The lowest BCUT2D eigenvalue weighted by molar-refractivity contribution is 0.260. The Balaban J connectivity index is 2.51. The van der Waals surface area contributed by atoms with Gasteiger partial charge in [0.05, 0.1) is 0 Å². The first-order valence-electron chi connectivity index (χ1n) is 9.02. The van der Waals surface area contributed by atoms with E-state index in [0.717, 1.165) is 11.8 Å². The van der Waals surface area contributed by atoms with Crippen molar-refractivity contribution in [2.24, 2.45) is 17.3 Å². The highest BCUT2D eigenvalue weighted by atomic mass is 15.0. The molecule has 0 aromatic rings. The first-order chi connectivity index (χ1) is 9.92. The Bertz CT molecular complexity index is 293. The molecule has 0 aromatic heterocycles. The number of hydrogen-bond donors (Lipinski definition) is 3. The smallest absolute Gasteiger partial charge is 0.285 e. The van der Waals surface area contributed by atoms with Crippen molar-refractivity contribution in [3.8, 4) is 0 Å². The molecule has 0 bridgehead atoms. The van der Waals surface area contributed by atoms with Crippen LogP contribution in [0, 0.1) is 17.3 Å². The molecular formula is C15H35B3N3. The van der Waals surface area contributed by atoms with Gasteiger partial charge in [-0.2, -0.15) is 0 Å². The Kier molecular flexibility index (Phi) is 8.44. The van der Waals surface area contributed by atoms with Gasteiger partial charge in [-0.05, 0) is 36.3 Å². The third-order valence-electron chi connectivity index (χ3n) is 5.40. The van der Waals surface area contributed by atoms with Gasteiger partial charge in [0.1, 0.15) is 0 Å². The van der Waals surface area contributed by atoms with Crippen LogP contribution in [0.2, 0.25) is 12.6 Å². The van der Waals surface area contributed by atoms with Gasteiger partial charge in [0.2, 0.25) is 0 Å². The Morgan fingerprint density at radius 1 is 1.00 bits per heavy atom. The summed E-state index contributed by atoms with van der Waals surface area (Å²) in [5, 5.41) is 10.6. The minimum Gasteiger partial charge on any atom is -0.375 e. The summed E-state index contributed by atoms with van der Waals surface area (Å²) < 4.78 is 0. The Hall–Kier alpha value is 0.0748. The number of nitrogens with one attached hydrogen (secondary N) is 3. The van der Waals surface area contributed by atoms with Gasteiger partial charge in [-0.3, -0.25) is 0 Å². The molecule has 0 spiro atoms. The second-order valence-corrected chi connectivity index (χ2v) is 7.58. The van der Waals surface area contributed by atoms with E-state index in [-0.39, 0.29) is 0 Å². The normalized spacial score (nSPS) is 21.6. The monoisotopic (exact) mass is 290 g/mol. The van der Waals surface area contributed by atoms with Crippen LogP contribution in [-0.2, 0) is 0 Å². The van der Waals surface area contributed by atoms with E-state index in [2.05, 4.69) is 57.0 Å². The average molecular weight is 290 g/mol. The molecule has 1 saturated heterocycles. The summed E-state index contributed by atoms with van der Waals surface area (Å²) in [7, 11) is 2.05. The molecule has 21 heavy (non-hydrogen) atoms. The highest BCUT2D eigenvalue weighted by Gasteiger charge is 2.34. The molecule has 1 radical (unpaired) electrons. The molecule has 3 nitrogen and oxygen atoms in total. The van der Waals surface area contributed by atoms with E-state index in [0.29, 0.717) is 19.4 Å². The molecule has 3 N–H and O–H groups in total. The fourth-order valence-electron chi connectivity index (χ4n) is 3.26. The highest BCUT2D eigenvalue weighted by molar-refractivity contribution is 6.81. The van der Waals surface area contributed by atoms with E-state index in [1.54, 1.807) is 0 Å². The van der Waals surface area contributed by atoms with Gasteiger partial charge in [0, 0.05) is 0 Å². The average Bonchev–Trinajstić information content (AvgIpc) is 2.47. The van der Waals surface area contributed by atoms with E-state index < -0.39 is 0 Å². The van der Waals surface area contributed by atoms with Gasteiger partial charge in [0.25, 0.3) is 21.5 Å². The van der Waals surface area contributed by atoms with Crippen LogP contribution in [0.3, 0.4) is 0 Å². The van der Waals surface area contributed by atoms with Crippen molar-refractivity contribution in [3.05, 3.63) is 0 Å². The van der Waals surface area contributed by atoms with Crippen LogP contribution in [0.15, 0.2) is 0 Å².